The maximum atomic E-state index is 12.2. The predicted octanol–water partition coefficient (Wildman–Crippen LogP) is 3.66. The first-order valence-corrected chi connectivity index (χ1v) is 11.7. The highest BCUT2D eigenvalue weighted by Crippen LogP contribution is 2.44. The Bertz CT molecular complexity index is 1060. The Balaban J connectivity index is 1.85. The summed E-state index contributed by atoms with van der Waals surface area (Å²) in [4.78, 5) is 39.5. The number of para-hydroxylation sites is 1. The first-order valence-electron chi connectivity index (χ1n) is 11.7. The molecule has 2 aliphatic heterocycles. The highest BCUT2D eigenvalue weighted by molar-refractivity contribution is 5.85. The van der Waals surface area contributed by atoms with Crippen LogP contribution in [0.25, 0.3) is 10.9 Å². The molecule has 1 N–H and O–H groups in total. The van der Waals surface area contributed by atoms with E-state index in [1.165, 1.54) is 20.8 Å². The van der Waals surface area contributed by atoms with Crippen LogP contribution < -0.4 is 0 Å². The normalized spacial score (nSPS) is 29.4. The summed E-state index contributed by atoms with van der Waals surface area (Å²) in [5.41, 5.74) is 2.53. The number of carbonyl (C=O) groups is 3. The lowest BCUT2D eigenvalue weighted by Crippen LogP contribution is -2.57. The molecular weight excluding hydrogens is 442 g/mol. The van der Waals surface area contributed by atoms with Crippen LogP contribution in [0.5, 0.6) is 0 Å². The second-order valence-electron chi connectivity index (χ2n) is 8.84. The van der Waals surface area contributed by atoms with Gasteiger partial charge in [-0.3, -0.25) is 14.4 Å². The van der Waals surface area contributed by atoms with Gasteiger partial charge in [-0.1, -0.05) is 18.2 Å². The fraction of sp³-hybridized carbons (Fsp3) is 0.560. The summed E-state index contributed by atoms with van der Waals surface area (Å²) in [7, 11) is 0. The van der Waals surface area contributed by atoms with E-state index >= 15 is 0 Å². The summed E-state index contributed by atoms with van der Waals surface area (Å²) in [6, 6.07) is 7.78. The summed E-state index contributed by atoms with van der Waals surface area (Å²) in [6.07, 6.45) is -1.77. The predicted molar refractivity (Wildman–Crippen MR) is 121 cm³/mol. The van der Waals surface area contributed by atoms with Crippen molar-refractivity contribution in [2.24, 2.45) is 0 Å². The third-order valence-electron chi connectivity index (χ3n) is 6.24. The number of hydrogen-bond acceptors (Lipinski definition) is 8. The Hall–Kier alpha value is -2.91. The third kappa shape index (κ3) is 4.95. The number of H-pyrrole nitrogens is 1. The number of ether oxygens (including phenoxy) is 5. The van der Waals surface area contributed by atoms with E-state index in [9.17, 15) is 14.4 Å². The number of hydrogen-bond donors (Lipinski definition) is 1. The highest BCUT2D eigenvalue weighted by Gasteiger charge is 2.52. The summed E-state index contributed by atoms with van der Waals surface area (Å²) >= 11 is 0. The fourth-order valence-electron chi connectivity index (χ4n) is 4.96. The molecule has 3 unspecified atom stereocenters. The molecule has 0 saturated carbocycles. The average molecular weight is 474 g/mol. The molecule has 1 aromatic carbocycles. The van der Waals surface area contributed by atoms with Gasteiger partial charge in [-0.15, -0.1) is 0 Å². The molecule has 0 bridgehead atoms. The lowest BCUT2D eigenvalue weighted by Gasteiger charge is -2.44. The van der Waals surface area contributed by atoms with E-state index in [1.807, 2.05) is 24.3 Å². The molecule has 3 heterocycles. The molecule has 0 spiro atoms. The molecule has 9 nitrogen and oxygen atoms in total. The topological polar surface area (TPSA) is 113 Å². The molecule has 0 amide bonds. The van der Waals surface area contributed by atoms with Gasteiger partial charge in [0.05, 0.1) is 17.9 Å². The molecular formula is C25H31NO8. The summed E-state index contributed by atoms with van der Waals surface area (Å²) in [5.74, 6) is -1.70. The smallest absolute Gasteiger partial charge is 0.303 e. The average Bonchev–Trinajstić information content (AvgIpc) is 3.17. The first-order chi connectivity index (χ1) is 16.3. The minimum atomic E-state index is -1.05. The van der Waals surface area contributed by atoms with Crippen molar-refractivity contribution in [2.45, 2.75) is 83.6 Å². The van der Waals surface area contributed by atoms with E-state index < -0.39 is 48.4 Å². The van der Waals surface area contributed by atoms with Crippen molar-refractivity contribution in [2.75, 3.05) is 6.61 Å². The lowest BCUT2D eigenvalue weighted by molar-refractivity contribution is -0.245. The van der Waals surface area contributed by atoms with Crippen LogP contribution >= 0.6 is 0 Å². The van der Waals surface area contributed by atoms with Crippen LogP contribution in [0.4, 0.5) is 0 Å². The molecule has 2 fully saturated rings. The van der Waals surface area contributed by atoms with Crippen LogP contribution in [0.15, 0.2) is 24.3 Å². The van der Waals surface area contributed by atoms with Crippen LogP contribution in [0.2, 0.25) is 0 Å². The number of fused-ring (bicyclic) bond motifs is 1. The van der Waals surface area contributed by atoms with Gasteiger partial charge in [-0.2, -0.15) is 0 Å². The Kier molecular flexibility index (Phi) is 7.23. The fourth-order valence-corrected chi connectivity index (χ4v) is 4.96. The number of nitrogens with one attached hydrogen (secondary N) is 1. The van der Waals surface area contributed by atoms with E-state index in [-0.39, 0.29) is 6.10 Å². The molecule has 2 aliphatic rings. The van der Waals surface area contributed by atoms with Gasteiger partial charge < -0.3 is 28.7 Å². The van der Waals surface area contributed by atoms with E-state index in [2.05, 4.69) is 4.98 Å². The maximum absolute atomic E-state index is 12.2. The van der Waals surface area contributed by atoms with Crippen LogP contribution in [0, 0.1) is 0 Å². The minimum absolute atomic E-state index is 0.175. The Labute approximate surface area is 198 Å². The zero-order valence-corrected chi connectivity index (χ0v) is 19.9. The van der Waals surface area contributed by atoms with Gasteiger partial charge in [0, 0.05) is 43.8 Å². The minimum Gasteiger partial charge on any atom is -0.456 e. The van der Waals surface area contributed by atoms with Crippen molar-refractivity contribution >= 4 is 28.8 Å². The molecule has 4 rings (SSSR count). The highest BCUT2D eigenvalue weighted by atomic mass is 16.6. The molecule has 2 aromatic rings. The molecule has 34 heavy (non-hydrogen) atoms. The first kappa shape index (κ1) is 24.2. The molecule has 6 atom stereocenters. The van der Waals surface area contributed by atoms with Gasteiger partial charge in [0.2, 0.25) is 0 Å². The van der Waals surface area contributed by atoms with Crippen LogP contribution in [0.1, 0.15) is 70.4 Å². The summed E-state index contributed by atoms with van der Waals surface area (Å²) in [5, 5.41) is 0.897. The number of aromatic nitrogens is 1. The number of aromatic amines is 1. The van der Waals surface area contributed by atoms with Gasteiger partial charge in [0.15, 0.2) is 18.3 Å². The summed E-state index contributed by atoms with van der Waals surface area (Å²) < 4.78 is 29.2. The molecule has 0 aliphatic carbocycles. The number of rotatable bonds is 5. The van der Waals surface area contributed by atoms with Gasteiger partial charge in [-0.05, 0) is 32.3 Å². The van der Waals surface area contributed by atoms with E-state index in [0.717, 1.165) is 41.4 Å². The monoisotopic (exact) mass is 473 g/mol. The second kappa shape index (κ2) is 10.1. The second-order valence-corrected chi connectivity index (χ2v) is 8.84. The van der Waals surface area contributed by atoms with Crippen molar-refractivity contribution in [1.29, 1.82) is 0 Å². The van der Waals surface area contributed by atoms with Crippen molar-refractivity contribution in [1.82, 2.24) is 4.98 Å². The molecule has 0 radical (unpaired) electrons. The maximum Gasteiger partial charge on any atom is 0.303 e. The van der Waals surface area contributed by atoms with Crippen LogP contribution in [0.3, 0.4) is 0 Å². The molecule has 184 valence electrons. The van der Waals surface area contributed by atoms with Crippen molar-refractivity contribution in [3.05, 3.63) is 35.5 Å². The SMILES string of the molecule is CC(=O)OC1C(OC(C)=O)[C@@H](c2c([C@@H]3CCCCO3)[nH]c3ccccc23)OC(C)[C@H]1OC(C)=O. The Morgan fingerprint density at radius 2 is 1.56 bits per heavy atom. The van der Waals surface area contributed by atoms with E-state index in [1.54, 1.807) is 6.92 Å². The van der Waals surface area contributed by atoms with Gasteiger partial charge >= 0.3 is 17.9 Å². The summed E-state index contributed by atoms with van der Waals surface area (Å²) in [6.45, 7) is 6.20. The van der Waals surface area contributed by atoms with Crippen molar-refractivity contribution in [3.8, 4) is 0 Å². The molecule has 1 aromatic heterocycles. The third-order valence-corrected chi connectivity index (χ3v) is 6.24. The number of carbonyl (C=O) groups excluding carboxylic acids is 3. The largest absolute Gasteiger partial charge is 0.456 e. The zero-order chi connectivity index (χ0) is 24.4. The Morgan fingerprint density at radius 3 is 2.21 bits per heavy atom. The Morgan fingerprint density at radius 1 is 0.912 bits per heavy atom. The van der Waals surface area contributed by atoms with Gasteiger partial charge in [0.25, 0.3) is 0 Å². The van der Waals surface area contributed by atoms with Gasteiger partial charge in [0.1, 0.15) is 6.10 Å². The van der Waals surface area contributed by atoms with Crippen LogP contribution in [-0.4, -0.2) is 53.9 Å². The van der Waals surface area contributed by atoms with E-state index in [4.69, 9.17) is 23.7 Å². The van der Waals surface area contributed by atoms with Crippen molar-refractivity contribution < 1.29 is 38.1 Å². The zero-order valence-electron chi connectivity index (χ0n) is 19.9. The van der Waals surface area contributed by atoms with Gasteiger partial charge in [-0.25, -0.2) is 0 Å². The number of esters is 3. The van der Waals surface area contributed by atoms with Crippen molar-refractivity contribution in [3.63, 3.8) is 0 Å². The van der Waals surface area contributed by atoms with Crippen LogP contribution in [-0.2, 0) is 38.1 Å². The molecule has 2 saturated heterocycles. The molecule has 9 heteroatoms. The lowest BCUT2D eigenvalue weighted by atomic mass is 9.88. The van der Waals surface area contributed by atoms with E-state index in [0.29, 0.717) is 6.61 Å². The quantitative estimate of drug-likeness (QED) is 0.517. The number of benzene rings is 1. The standard InChI is InChI=1S/C25H31NO8/c1-13-22(32-14(2)27)24(33-15(3)28)25(34-16(4)29)23(31-13)20-17-9-5-6-10-18(17)26-21(20)19-11-7-8-12-30-19/h5-6,9-10,13,19,22-26H,7-8,11-12H2,1-4H3/t13?,19-,22+,23+,24?,25?/m0/s1.